The van der Waals surface area contributed by atoms with Crippen LogP contribution in [0.25, 0.3) is 0 Å². The third-order valence-electron chi connectivity index (χ3n) is 3.77. The number of carbonyl (C=O) groups is 3. The molecule has 1 aromatic heterocycles. The van der Waals surface area contributed by atoms with Gasteiger partial charge in [0.15, 0.2) is 5.69 Å². The second-order valence-corrected chi connectivity index (χ2v) is 6.87. The maximum atomic E-state index is 12.4. The molecule has 1 unspecified atom stereocenters. The summed E-state index contributed by atoms with van der Waals surface area (Å²) in [6.45, 7) is -0.0397. The number of hydrogen-bond donors (Lipinski definition) is 2. The first-order chi connectivity index (χ1) is 12.8. The number of rotatable bonds is 8. The van der Waals surface area contributed by atoms with Crippen LogP contribution < -0.4 is 5.32 Å². The van der Waals surface area contributed by atoms with E-state index in [1.807, 2.05) is 18.4 Å². The summed E-state index contributed by atoms with van der Waals surface area (Å²) in [6.07, 6.45) is 3.03. The van der Waals surface area contributed by atoms with Crippen LogP contribution in [0.2, 0.25) is 0 Å². The van der Waals surface area contributed by atoms with Crippen molar-refractivity contribution in [3.63, 3.8) is 0 Å². The summed E-state index contributed by atoms with van der Waals surface area (Å²) >= 11 is 1.57. The van der Waals surface area contributed by atoms with Crippen molar-refractivity contribution < 1.29 is 19.5 Å². The van der Waals surface area contributed by atoms with Crippen LogP contribution in [-0.2, 0) is 16.1 Å². The second-order valence-electron chi connectivity index (χ2n) is 5.99. The van der Waals surface area contributed by atoms with E-state index in [1.54, 1.807) is 38.0 Å². The first-order valence-electron chi connectivity index (χ1n) is 8.07. The van der Waals surface area contributed by atoms with E-state index >= 15 is 0 Å². The van der Waals surface area contributed by atoms with Crippen molar-refractivity contribution in [1.29, 1.82) is 0 Å². The van der Waals surface area contributed by atoms with E-state index in [1.165, 1.54) is 15.8 Å². The maximum Gasteiger partial charge on any atom is 0.305 e. The van der Waals surface area contributed by atoms with Gasteiger partial charge in [-0.3, -0.25) is 14.4 Å². The van der Waals surface area contributed by atoms with Gasteiger partial charge in [-0.15, -0.1) is 16.9 Å². The van der Waals surface area contributed by atoms with Crippen molar-refractivity contribution in [2.45, 2.75) is 23.9 Å². The van der Waals surface area contributed by atoms with Crippen LogP contribution in [0.4, 0.5) is 0 Å². The van der Waals surface area contributed by atoms with Crippen molar-refractivity contribution in [2.24, 2.45) is 0 Å². The van der Waals surface area contributed by atoms with Crippen molar-refractivity contribution in [3.05, 3.63) is 41.7 Å². The Hall–Kier alpha value is -2.88. The Bertz CT molecular complexity index is 819. The number of carboxylic acid groups (broad SMARTS) is 1. The molecular formula is C17H21N5O4S. The largest absolute Gasteiger partial charge is 0.481 e. The van der Waals surface area contributed by atoms with Gasteiger partial charge >= 0.3 is 5.97 Å². The highest BCUT2D eigenvalue weighted by Gasteiger charge is 2.21. The van der Waals surface area contributed by atoms with E-state index in [4.69, 9.17) is 5.11 Å². The van der Waals surface area contributed by atoms with E-state index < -0.39 is 17.9 Å². The molecule has 2 amide bonds. The molecular weight excluding hydrogens is 370 g/mol. The fraction of sp³-hybridized carbons (Fsp3) is 0.353. The molecule has 0 saturated heterocycles. The number of nitrogens with zero attached hydrogens (tertiary/aromatic N) is 4. The van der Waals surface area contributed by atoms with Crippen molar-refractivity contribution in [3.8, 4) is 0 Å². The molecule has 0 fully saturated rings. The van der Waals surface area contributed by atoms with Gasteiger partial charge in [-0.1, -0.05) is 17.3 Å². The average molecular weight is 391 g/mol. The van der Waals surface area contributed by atoms with E-state index in [2.05, 4.69) is 15.6 Å². The molecule has 1 aromatic carbocycles. The third-order valence-corrected chi connectivity index (χ3v) is 4.51. The monoisotopic (exact) mass is 391 g/mol. The topological polar surface area (TPSA) is 117 Å². The fourth-order valence-corrected chi connectivity index (χ4v) is 2.66. The molecule has 0 aliphatic rings. The number of carbonyl (C=O) groups excluding carboxylic acids is 2. The van der Waals surface area contributed by atoms with Crippen molar-refractivity contribution >= 4 is 29.5 Å². The summed E-state index contributed by atoms with van der Waals surface area (Å²) in [5.41, 5.74) is 0.691. The van der Waals surface area contributed by atoms with Crippen LogP contribution in [0.1, 0.15) is 28.5 Å². The molecule has 0 aliphatic heterocycles. The normalized spacial score (nSPS) is 11.7. The zero-order valence-electron chi connectivity index (χ0n) is 15.2. The number of thioether (sulfide) groups is 1. The Kier molecular flexibility index (Phi) is 6.94. The number of hydrogen-bond acceptors (Lipinski definition) is 6. The number of amides is 2. The molecule has 0 spiro atoms. The molecule has 144 valence electrons. The van der Waals surface area contributed by atoms with Crippen LogP contribution in [-0.4, -0.2) is 63.1 Å². The lowest BCUT2D eigenvalue weighted by molar-refractivity contribution is -0.137. The van der Waals surface area contributed by atoms with Crippen LogP contribution in [0, 0.1) is 0 Å². The van der Waals surface area contributed by atoms with Gasteiger partial charge in [-0.05, 0) is 24.0 Å². The van der Waals surface area contributed by atoms with Crippen LogP contribution in [0.3, 0.4) is 0 Å². The Morgan fingerprint density at radius 1 is 1.26 bits per heavy atom. The number of benzene rings is 1. The summed E-state index contributed by atoms with van der Waals surface area (Å²) in [7, 11) is 3.23. The SMILES string of the molecule is CSc1ccc(C(CC(=O)O)NC(=O)c2cn(CC(=O)N(C)C)nn2)cc1. The molecule has 0 bridgehead atoms. The highest BCUT2D eigenvalue weighted by Crippen LogP contribution is 2.21. The summed E-state index contributed by atoms with van der Waals surface area (Å²) < 4.78 is 1.26. The minimum Gasteiger partial charge on any atom is -0.481 e. The Morgan fingerprint density at radius 2 is 1.93 bits per heavy atom. The average Bonchev–Trinajstić information content (AvgIpc) is 3.09. The third kappa shape index (κ3) is 5.81. The van der Waals surface area contributed by atoms with E-state index in [9.17, 15) is 14.4 Å². The quantitative estimate of drug-likeness (QED) is 0.646. The molecule has 27 heavy (non-hydrogen) atoms. The molecule has 9 nitrogen and oxygen atoms in total. The lowest BCUT2D eigenvalue weighted by Gasteiger charge is -2.17. The first kappa shape index (κ1) is 20.4. The molecule has 0 saturated carbocycles. The zero-order valence-corrected chi connectivity index (χ0v) is 16.1. The predicted molar refractivity (Wildman–Crippen MR) is 99.4 cm³/mol. The second kappa shape index (κ2) is 9.17. The van der Waals surface area contributed by atoms with Gasteiger partial charge in [0.25, 0.3) is 5.91 Å². The summed E-state index contributed by atoms with van der Waals surface area (Å²) in [6, 6.07) is 6.59. The first-order valence-corrected chi connectivity index (χ1v) is 9.29. The minimum absolute atomic E-state index is 0.0117. The number of aromatic nitrogens is 3. The molecule has 2 rings (SSSR count). The molecule has 1 atom stereocenters. The molecule has 2 aromatic rings. The Morgan fingerprint density at radius 3 is 2.48 bits per heavy atom. The molecule has 0 radical (unpaired) electrons. The van der Waals surface area contributed by atoms with Gasteiger partial charge in [-0.2, -0.15) is 0 Å². The van der Waals surface area contributed by atoms with Gasteiger partial charge in [0.05, 0.1) is 18.7 Å². The summed E-state index contributed by atoms with van der Waals surface area (Å²) in [5, 5.41) is 19.3. The summed E-state index contributed by atoms with van der Waals surface area (Å²) in [4.78, 5) is 37.8. The number of likely N-dealkylation sites (N-methyl/N-ethyl adjacent to an activating group) is 1. The smallest absolute Gasteiger partial charge is 0.305 e. The van der Waals surface area contributed by atoms with E-state index in [0.29, 0.717) is 5.56 Å². The van der Waals surface area contributed by atoms with Crippen LogP contribution in [0.5, 0.6) is 0 Å². The standard InChI is InChI=1S/C17H21N5O4S/c1-21(2)15(23)10-22-9-14(19-20-22)17(26)18-13(8-16(24)25)11-4-6-12(27-3)7-5-11/h4-7,9,13H,8,10H2,1-3H3,(H,18,26)(H,24,25). The van der Waals surface area contributed by atoms with Crippen molar-refractivity contribution in [1.82, 2.24) is 25.2 Å². The van der Waals surface area contributed by atoms with E-state index in [0.717, 1.165) is 4.90 Å². The highest BCUT2D eigenvalue weighted by atomic mass is 32.2. The summed E-state index contributed by atoms with van der Waals surface area (Å²) in [5.74, 6) is -1.78. The van der Waals surface area contributed by atoms with Gasteiger partial charge in [0.1, 0.15) is 6.54 Å². The number of aliphatic carboxylic acids is 1. The van der Waals surface area contributed by atoms with Gasteiger partial charge in [0.2, 0.25) is 5.91 Å². The van der Waals surface area contributed by atoms with Crippen LogP contribution >= 0.6 is 11.8 Å². The number of carboxylic acids is 1. The van der Waals surface area contributed by atoms with E-state index in [-0.39, 0.29) is 24.6 Å². The van der Waals surface area contributed by atoms with Gasteiger partial charge in [0, 0.05) is 19.0 Å². The number of nitrogens with one attached hydrogen (secondary N) is 1. The lowest BCUT2D eigenvalue weighted by atomic mass is 10.0. The highest BCUT2D eigenvalue weighted by molar-refractivity contribution is 7.98. The predicted octanol–water partition coefficient (Wildman–Crippen LogP) is 1.03. The van der Waals surface area contributed by atoms with Crippen LogP contribution in [0.15, 0.2) is 35.4 Å². The zero-order chi connectivity index (χ0) is 20.0. The molecule has 10 heteroatoms. The molecule has 2 N–H and O–H groups in total. The molecule has 0 aliphatic carbocycles. The minimum atomic E-state index is -1.03. The Labute approximate surface area is 160 Å². The fourth-order valence-electron chi connectivity index (χ4n) is 2.25. The van der Waals surface area contributed by atoms with Crippen molar-refractivity contribution in [2.75, 3.05) is 20.4 Å². The van der Waals surface area contributed by atoms with Gasteiger partial charge < -0.3 is 15.3 Å². The maximum absolute atomic E-state index is 12.4. The Balaban J connectivity index is 2.12. The lowest BCUT2D eigenvalue weighted by Crippen LogP contribution is -2.30. The van der Waals surface area contributed by atoms with Gasteiger partial charge in [-0.25, -0.2) is 4.68 Å². The molecule has 1 heterocycles.